The fourth-order valence-electron chi connectivity index (χ4n) is 2.55. The molecule has 2 aromatic rings. The van der Waals surface area contributed by atoms with Crippen molar-refractivity contribution in [3.63, 3.8) is 0 Å². The van der Waals surface area contributed by atoms with Crippen LogP contribution in [0.2, 0.25) is 0 Å². The molecule has 1 atom stereocenters. The third kappa shape index (κ3) is 2.76. The maximum atomic E-state index is 12.3. The minimum atomic E-state index is -0.172. The van der Waals surface area contributed by atoms with Crippen LogP contribution in [0.4, 0.5) is 0 Å². The Kier molecular flexibility index (Phi) is 3.84. The molecule has 1 aliphatic rings. The number of amides is 1. The van der Waals surface area contributed by atoms with E-state index in [1.807, 2.05) is 23.9 Å². The molecule has 0 bridgehead atoms. The predicted molar refractivity (Wildman–Crippen MR) is 78.6 cm³/mol. The number of hydrogen-bond acceptors (Lipinski definition) is 4. The zero-order chi connectivity index (χ0) is 13.9. The Hall–Kier alpha value is -1.66. The first kappa shape index (κ1) is 13.3. The van der Waals surface area contributed by atoms with Gasteiger partial charge >= 0.3 is 0 Å². The molecule has 0 aliphatic carbocycles. The molecule has 1 aliphatic heterocycles. The van der Waals surface area contributed by atoms with Gasteiger partial charge in [0.2, 0.25) is 5.91 Å². The average molecular weight is 290 g/mol. The van der Waals surface area contributed by atoms with Crippen LogP contribution in [0.15, 0.2) is 30.0 Å². The van der Waals surface area contributed by atoms with Crippen LogP contribution in [0.1, 0.15) is 16.6 Å². The molecule has 0 fully saturated rings. The molecular formula is C14H18N4OS. The van der Waals surface area contributed by atoms with Crippen LogP contribution in [0, 0.1) is 0 Å². The maximum Gasteiger partial charge on any atom is 0.244 e. The molecular weight excluding hydrogens is 272 g/mol. The smallest absolute Gasteiger partial charge is 0.244 e. The molecule has 20 heavy (non-hydrogen) atoms. The Balaban J connectivity index is 1.60. The Morgan fingerprint density at radius 1 is 1.60 bits per heavy atom. The minimum absolute atomic E-state index is 0.0763. The Morgan fingerprint density at radius 3 is 3.30 bits per heavy atom. The summed E-state index contributed by atoms with van der Waals surface area (Å²) in [6.45, 7) is 2.26. The van der Waals surface area contributed by atoms with E-state index in [1.165, 1.54) is 4.88 Å². The summed E-state index contributed by atoms with van der Waals surface area (Å²) in [5.74, 6) is 0.0763. The van der Waals surface area contributed by atoms with Crippen LogP contribution < -0.4 is 5.32 Å². The summed E-state index contributed by atoms with van der Waals surface area (Å²) in [7, 11) is 2.03. The van der Waals surface area contributed by atoms with Gasteiger partial charge in [-0.15, -0.1) is 11.3 Å². The summed E-state index contributed by atoms with van der Waals surface area (Å²) in [6.07, 6.45) is 4.48. The normalized spacial score (nSPS) is 18.8. The van der Waals surface area contributed by atoms with E-state index in [0.717, 1.165) is 25.2 Å². The lowest BCUT2D eigenvalue weighted by molar-refractivity contribution is -0.125. The van der Waals surface area contributed by atoms with Crippen LogP contribution in [0.3, 0.4) is 0 Å². The van der Waals surface area contributed by atoms with Gasteiger partial charge in [0.05, 0.1) is 12.0 Å². The summed E-state index contributed by atoms with van der Waals surface area (Å²) in [5.41, 5.74) is 1.09. The van der Waals surface area contributed by atoms with Gasteiger partial charge in [-0.05, 0) is 24.9 Å². The van der Waals surface area contributed by atoms with Gasteiger partial charge in [0, 0.05) is 30.7 Å². The number of aromatic nitrogens is 2. The van der Waals surface area contributed by atoms with E-state index in [4.69, 9.17) is 0 Å². The number of carbonyl (C=O) groups is 1. The van der Waals surface area contributed by atoms with E-state index in [1.54, 1.807) is 17.7 Å². The van der Waals surface area contributed by atoms with Crippen LogP contribution in [0.5, 0.6) is 0 Å². The van der Waals surface area contributed by atoms with E-state index in [2.05, 4.69) is 26.6 Å². The summed E-state index contributed by atoms with van der Waals surface area (Å²) < 4.78 is 1.99. The zero-order valence-corrected chi connectivity index (χ0v) is 12.3. The molecule has 3 rings (SSSR count). The number of nitrogens with one attached hydrogen (secondary N) is 1. The molecule has 0 radical (unpaired) electrons. The molecule has 1 N–H and O–H groups in total. The van der Waals surface area contributed by atoms with E-state index in [-0.39, 0.29) is 11.9 Å². The predicted octanol–water partition coefficient (Wildman–Crippen LogP) is 1.29. The molecule has 0 spiro atoms. The third-order valence-corrected chi connectivity index (χ3v) is 4.49. The minimum Gasteiger partial charge on any atom is -0.354 e. The number of thiophene rings is 1. The molecule has 0 saturated carbocycles. The average Bonchev–Trinajstić information content (AvgIpc) is 3.08. The fraction of sp³-hybridized carbons (Fsp3) is 0.429. The van der Waals surface area contributed by atoms with E-state index >= 15 is 0 Å². The van der Waals surface area contributed by atoms with Crippen LogP contribution in [-0.4, -0.2) is 40.5 Å². The van der Waals surface area contributed by atoms with Crippen molar-refractivity contribution in [2.75, 3.05) is 20.1 Å². The summed E-state index contributed by atoms with van der Waals surface area (Å²) in [6, 6.07) is 3.96. The van der Waals surface area contributed by atoms with Gasteiger partial charge < -0.3 is 9.88 Å². The molecule has 5 nitrogen and oxygen atoms in total. The van der Waals surface area contributed by atoms with Crippen molar-refractivity contribution in [2.24, 2.45) is 0 Å². The van der Waals surface area contributed by atoms with Gasteiger partial charge in [-0.3, -0.25) is 9.69 Å². The van der Waals surface area contributed by atoms with Crippen molar-refractivity contribution in [1.29, 1.82) is 0 Å². The number of hydrogen-bond donors (Lipinski definition) is 1. The van der Waals surface area contributed by atoms with Gasteiger partial charge in [0.1, 0.15) is 6.04 Å². The molecule has 0 saturated heterocycles. The monoisotopic (exact) mass is 290 g/mol. The van der Waals surface area contributed by atoms with Crippen LogP contribution in [-0.2, 0) is 17.8 Å². The second-order valence-corrected chi connectivity index (χ2v) is 6.16. The molecule has 2 aromatic heterocycles. The Bertz CT molecular complexity index is 578. The van der Waals surface area contributed by atoms with Crippen molar-refractivity contribution < 1.29 is 4.79 Å². The maximum absolute atomic E-state index is 12.3. The van der Waals surface area contributed by atoms with Gasteiger partial charge in [-0.1, -0.05) is 6.07 Å². The Labute approximate surface area is 122 Å². The highest BCUT2D eigenvalue weighted by molar-refractivity contribution is 7.09. The van der Waals surface area contributed by atoms with Crippen molar-refractivity contribution in [3.05, 3.63) is 40.6 Å². The molecule has 6 heteroatoms. The molecule has 106 valence electrons. The van der Waals surface area contributed by atoms with Gasteiger partial charge in [-0.2, -0.15) is 0 Å². The second-order valence-electron chi connectivity index (χ2n) is 5.13. The van der Waals surface area contributed by atoms with E-state index in [0.29, 0.717) is 6.54 Å². The quantitative estimate of drug-likeness (QED) is 0.923. The van der Waals surface area contributed by atoms with Gasteiger partial charge in [0.15, 0.2) is 0 Å². The molecule has 0 aromatic carbocycles. The van der Waals surface area contributed by atoms with Crippen molar-refractivity contribution in [2.45, 2.75) is 19.0 Å². The lowest BCUT2D eigenvalue weighted by atomic mass is 10.2. The number of rotatable bonds is 4. The van der Waals surface area contributed by atoms with Gasteiger partial charge in [-0.25, -0.2) is 4.98 Å². The highest BCUT2D eigenvalue weighted by Crippen LogP contribution is 2.19. The lowest BCUT2D eigenvalue weighted by Gasteiger charge is -2.31. The number of carbonyl (C=O) groups excluding carboxylic acids is 1. The molecule has 1 amide bonds. The largest absolute Gasteiger partial charge is 0.354 e. The van der Waals surface area contributed by atoms with Crippen molar-refractivity contribution in [3.8, 4) is 0 Å². The van der Waals surface area contributed by atoms with E-state index in [9.17, 15) is 4.79 Å². The summed E-state index contributed by atoms with van der Waals surface area (Å²) in [5, 5.41) is 5.09. The van der Waals surface area contributed by atoms with Crippen molar-refractivity contribution in [1.82, 2.24) is 19.8 Å². The summed E-state index contributed by atoms with van der Waals surface area (Å²) in [4.78, 5) is 20.0. The highest BCUT2D eigenvalue weighted by Gasteiger charge is 2.28. The summed E-state index contributed by atoms with van der Waals surface area (Å²) >= 11 is 1.73. The number of nitrogens with zero attached hydrogens (tertiary/aromatic N) is 3. The number of fused-ring (bicyclic) bond motifs is 1. The van der Waals surface area contributed by atoms with Crippen LogP contribution in [0.25, 0.3) is 0 Å². The van der Waals surface area contributed by atoms with E-state index < -0.39 is 0 Å². The Morgan fingerprint density at radius 2 is 2.50 bits per heavy atom. The van der Waals surface area contributed by atoms with Gasteiger partial charge in [0.25, 0.3) is 0 Å². The second kappa shape index (κ2) is 5.76. The first-order chi connectivity index (χ1) is 9.74. The van der Waals surface area contributed by atoms with Crippen molar-refractivity contribution >= 4 is 17.2 Å². The van der Waals surface area contributed by atoms with Crippen LogP contribution >= 0.6 is 11.3 Å². The fourth-order valence-corrected chi connectivity index (χ4v) is 3.26. The zero-order valence-electron chi connectivity index (χ0n) is 11.5. The standard InChI is InChI=1S/C14H18N4OS/c1-17-8-11-7-15-10-18(11)13(9-17)14(19)16-5-4-12-3-2-6-20-12/h2-3,6-7,10,13H,4-5,8-9H2,1H3,(H,16,19). The highest BCUT2D eigenvalue weighted by atomic mass is 32.1. The molecule has 1 unspecified atom stereocenters. The topological polar surface area (TPSA) is 50.2 Å². The molecule has 3 heterocycles. The first-order valence-corrected chi connectivity index (χ1v) is 7.61. The number of likely N-dealkylation sites (N-methyl/N-ethyl adjacent to an activating group) is 1. The first-order valence-electron chi connectivity index (χ1n) is 6.73. The SMILES string of the molecule is CN1Cc2cncn2C(C(=O)NCCc2cccs2)C1. The third-order valence-electron chi connectivity index (χ3n) is 3.55. The lowest BCUT2D eigenvalue weighted by Crippen LogP contribution is -2.43. The number of imidazole rings is 1.